The highest BCUT2D eigenvalue weighted by atomic mass is 32.1. The van der Waals surface area contributed by atoms with Gasteiger partial charge in [0.25, 0.3) is 0 Å². The Morgan fingerprint density at radius 2 is 1.60 bits per heavy atom. The molecule has 4 rings (SSSR count). The second-order valence-electron chi connectivity index (χ2n) is 7.96. The molecule has 35 heavy (non-hydrogen) atoms. The third kappa shape index (κ3) is 4.75. The van der Waals surface area contributed by atoms with Crippen LogP contribution in [-0.2, 0) is 22.6 Å². The van der Waals surface area contributed by atoms with Gasteiger partial charge >= 0.3 is 18.3 Å². The number of hydrogen-bond acceptors (Lipinski definition) is 3. The molecule has 1 heterocycles. The number of rotatable bonds is 5. The van der Waals surface area contributed by atoms with Gasteiger partial charge in [-0.05, 0) is 49.2 Å². The van der Waals surface area contributed by atoms with E-state index in [1.54, 1.807) is 0 Å². The van der Waals surface area contributed by atoms with Crippen molar-refractivity contribution in [3.63, 3.8) is 0 Å². The molecule has 0 unspecified atom stereocenters. The zero-order valence-electron chi connectivity index (χ0n) is 17.4. The first-order valence-corrected chi connectivity index (χ1v) is 10.8. The van der Waals surface area contributed by atoms with Crippen LogP contribution in [0.3, 0.4) is 0 Å². The number of hydrogen-bond donors (Lipinski definition) is 2. The summed E-state index contributed by atoms with van der Waals surface area (Å²) in [7, 11) is 0. The van der Waals surface area contributed by atoms with E-state index in [1.807, 2.05) is 0 Å². The van der Waals surface area contributed by atoms with Crippen LogP contribution in [0.4, 0.5) is 36.4 Å². The van der Waals surface area contributed by atoms with Crippen LogP contribution in [0.15, 0.2) is 48.5 Å². The lowest BCUT2D eigenvalue weighted by atomic mass is 9.93. The molecule has 0 radical (unpaired) electrons. The molecule has 0 saturated heterocycles. The van der Waals surface area contributed by atoms with E-state index < -0.39 is 45.9 Å². The van der Waals surface area contributed by atoms with Gasteiger partial charge in [-0.25, -0.2) is 9.18 Å². The fourth-order valence-electron chi connectivity index (χ4n) is 3.72. The van der Waals surface area contributed by atoms with Crippen LogP contribution in [-0.4, -0.2) is 17.0 Å². The summed E-state index contributed by atoms with van der Waals surface area (Å²) in [6.45, 7) is 0. The fraction of sp³-hybridized carbons (Fsp3) is 0.217. The number of carbonyl (C=O) groups is 2. The van der Waals surface area contributed by atoms with Gasteiger partial charge in [-0.15, -0.1) is 11.3 Å². The molecule has 0 atom stereocenters. The Morgan fingerprint density at radius 3 is 2.11 bits per heavy atom. The zero-order valence-corrected chi connectivity index (χ0v) is 18.2. The average Bonchev–Trinajstić information content (AvgIpc) is 3.40. The van der Waals surface area contributed by atoms with Crippen LogP contribution < -0.4 is 5.32 Å². The predicted molar refractivity (Wildman–Crippen MR) is 113 cm³/mol. The largest absolute Gasteiger partial charge is 0.478 e. The lowest BCUT2D eigenvalue weighted by Crippen LogP contribution is -2.29. The van der Waals surface area contributed by atoms with Crippen molar-refractivity contribution in [3.8, 4) is 10.4 Å². The second kappa shape index (κ2) is 8.36. The van der Waals surface area contributed by atoms with Crippen molar-refractivity contribution < 1.29 is 45.4 Å². The molecule has 1 aliphatic carbocycles. The maximum absolute atomic E-state index is 14.5. The number of aromatic carboxylic acids is 1. The van der Waals surface area contributed by atoms with Crippen LogP contribution >= 0.6 is 11.3 Å². The van der Waals surface area contributed by atoms with Crippen molar-refractivity contribution in [1.82, 2.24) is 0 Å². The molecule has 0 spiro atoms. The number of benzene rings is 2. The first-order chi connectivity index (χ1) is 16.2. The van der Waals surface area contributed by atoms with Gasteiger partial charge < -0.3 is 10.4 Å². The molecule has 3 aromatic rings. The molecule has 0 aliphatic heterocycles. The SMILES string of the molecule is O=C(O)c1cc(NC(=O)C2(c3ccc(C(F)(F)F)cc3F)CC2)ccc1-c1ccc(C(F)(F)F)s1. The summed E-state index contributed by atoms with van der Waals surface area (Å²) >= 11 is 0.363. The van der Waals surface area contributed by atoms with Gasteiger partial charge in [0, 0.05) is 21.7 Å². The predicted octanol–water partition coefficient (Wildman–Crippen LogP) is 6.96. The third-order valence-electron chi connectivity index (χ3n) is 5.66. The Hall–Kier alpha value is -3.41. The third-order valence-corrected chi connectivity index (χ3v) is 6.82. The summed E-state index contributed by atoms with van der Waals surface area (Å²) < 4.78 is 91.7. The Balaban J connectivity index is 1.61. The van der Waals surface area contributed by atoms with E-state index in [2.05, 4.69) is 5.32 Å². The van der Waals surface area contributed by atoms with E-state index in [0.29, 0.717) is 23.5 Å². The minimum atomic E-state index is -4.75. The average molecular weight is 517 g/mol. The minimum Gasteiger partial charge on any atom is -0.478 e. The number of carboxylic acids is 1. The van der Waals surface area contributed by atoms with Crippen molar-refractivity contribution in [2.45, 2.75) is 30.6 Å². The number of carbonyl (C=O) groups excluding carboxylic acids is 1. The molecule has 1 saturated carbocycles. The van der Waals surface area contributed by atoms with Gasteiger partial charge in [-0.3, -0.25) is 4.79 Å². The monoisotopic (exact) mass is 517 g/mol. The maximum atomic E-state index is 14.5. The molecule has 2 N–H and O–H groups in total. The van der Waals surface area contributed by atoms with Crippen LogP contribution in [0, 0.1) is 5.82 Å². The number of anilines is 1. The van der Waals surface area contributed by atoms with Crippen LogP contribution in [0.25, 0.3) is 10.4 Å². The van der Waals surface area contributed by atoms with E-state index in [4.69, 9.17) is 0 Å². The Morgan fingerprint density at radius 1 is 0.914 bits per heavy atom. The van der Waals surface area contributed by atoms with Gasteiger partial charge in [0.15, 0.2) is 0 Å². The number of carboxylic acid groups (broad SMARTS) is 1. The first kappa shape index (κ1) is 24.7. The number of nitrogens with one attached hydrogen (secondary N) is 1. The quantitative estimate of drug-likeness (QED) is 0.360. The summed E-state index contributed by atoms with van der Waals surface area (Å²) in [6.07, 6.45) is -9.01. The topological polar surface area (TPSA) is 66.4 Å². The molecule has 0 bridgehead atoms. The zero-order chi connectivity index (χ0) is 25.8. The smallest absolute Gasteiger partial charge is 0.425 e. The van der Waals surface area contributed by atoms with Gasteiger partial charge in [-0.2, -0.15) is 26.3 Å². The Bertz CT molecular complexity index is 1320. The van der Waals surface area contributed by atoms with Gasteiger partial charge in [-0.1, -0.05) is 12.1 Å². The molecular weight excluding hydrogens is 503 g/mol. The highest BCUT2D eigenvalue weighted by Crippen LogP contribution is 2.50. The fourth-order valence-corrected chi connectivity index (χ4v) is 4.64. The molecule has 4 nitrogen and oxygen atoms in total. The number of thiophene rings is 1. The van der Waals surface area contributed by atoms with Crippen molar-refractivity contribution in [2.75, 3.05) is 5.32 Å². The highest BCUT2D eigenvalue weighted by molar-refractivity contribution is 7.15. The Labute approximate surface area is 197 Å². The van der Waals surface area contributed by atoms with Crippen molar-refractivity contribution >= 4 is 28.9 Å². The highest BCUT2D eigenvalue weighted by Gasteiger charge is 2.53. The molecule has 1 aromatic heterocycles. The van der Waals surface area contributed by atoms with E-state index in [0.717, 1.165) is 24.3 Å². The molecule has 12 heteroatoms. The Kier molecular flexibility index (Phi) is 5.90. The molecule has 184 valence electrons. The molecular formula is C23H14F7NO3S. The molecule has 1 fully saturated rings. The normalized spacial score (nSPS) is 15.1. The summed E-state index contributed by atoms with van der Waals surface area (Å²) in [5, 5.41) is 12.0. The standard InChI is InChI=1S/C23H14F7NO3S/c24-16-9-11(22(25,26)27)1-4-15(16)21(7-8-21)20(34)31-12-2-3-13(14(10-12)19(32)33)17-5-6-18(35-17)23(28,29)30/h1-6,9-10H,7-8H2,(H,31,34)(H,32,33). The first-order valence-electron chi connectivity index (χ1n) is 9.96. The van der Waals surface area contributed by atoms with Gasteiger partial charge in [0.05, 0.1) is 16.5 Å². The van der Waals surface area contributed by atoms with Crippen molar-refractivity contribution in [1.29, 1.82) is 0 Å². The van der Waals surface area contributed by atoms with Crippen LogP contribution in [0.2, 0.25) is 0 Å². The second-order valence-corrected chi connectivity index (χ2v) is 9.04. The van der Waals surface area contributed by atoms with E-state index in [9.17, 15) is 45.4 Å². The molecule has 1 aliphatic rings. The van der Waals surface area contributed by atoms with Crippen molar-refractivity contribution in [3.05, 3.63) is 75.9 Å². The summed E-state index contributed by atoms with van der Waals surface area (Å²) in [4.78, 5) is 23.8. The minimum absolute atomic E-state index is 0.00548. The number of amides is 1. The number of alkyl halides is 6. The molecule has 1 amide bonds. The van der Waals surface area contributed by atoms with E-state index >= 15 is 0 Å². The lowest BCUT2D eigenvalue weighted by Gasteiger charge is -2.18. The number of halogens is 7. The van der Waals surface area contributed by atoms with Crippen LogP contribution in [0.1, 0.15) is 39.2 Å². The van der Waals surface area contributed by atoms with Crippen molar-refractivity contribution in [2.24, 2.45) is 0 Å². The van der Waals surface area contributed by atoms with Gasteiger partial charge in [0.2, 0.25) is 5.91 Å². The van der Waals surface area contributed by atoms with Gasteiger partial charge in [0.1, 0.15) is 10.7 Å². The van der Waals surface area contributed by atoms with E-state index in [-0.39, 0.29) is 40.1 Å². The van der Waals surface area contributed by atoms with E-state index in [1.165, 1.54) is 12.1 Å². The molecule has 2 aromatic carbocycles. The van der Waals surface area contributed by atoms with Crippen LogP contribution in [0.5, 0.6) is 0 Å². The summed E-state index contributed by atoms with van der Waals surface area (Å²) in [6, 6.07) is 7.45. The lowest BCUT2D eigenvalue weighted by molar-refractivity contribution is -0.138. The summed E-state index contributed by atoms with van der Waals surface area (Å²) in [5.74, 6) is -3.38. The maximum Gasteiger partial charge on any atom is 0.425 e. The summed E-state index contributed by atoms with van der Waals surface area (Å²) in [5.41, 5.74) is -3.20.